The molecule has 1 aliphatic rings. The maximum absolute atomic E-state index is 12.6. The molecule has 0 spiro atoms. The average Bonchev–Trinajstić information content (AvgIpc) is 3.24. The SMILES string of the molecule is CCOCCCNC(=O)c1ccc2c(c1)C(=O)N(Cc1ccco1)C2=O. The summed E-state index contributed by atoms with van der Waals surface area (Å²) in [5, 5.41) is 2.78. The van der Waals surface area contributed by atoms with Crippen molar-refractivity contribution in [2.24, 2.45) is 0 Å². The largest absolute Gasteiger partial charge is 0.467 e. The molecule has 0 fully saturated rings. The summed E-state index contributed by atoms with van der Waals surface area (Å²) in [6, 6.07) is 7.94. The van der Waals surface area contributed by atoms with E-state index in [2.05, 4.69) is 5.32 Å². The van der Waals surface area contributed by atoms with Gasteiger partial charge in [-0.3, -0.25) is 19.3 Å². The fraction of sp³-hybridized carbons (Fsp3) is 0.316. The number of hydrogen-bond acceptors (Lipinski definition) is 5. The molecule has 0 bridgehead atoms. The highest BCUT2D eigenvalue weighted by molar-refractivity contribution is 6.21. The molecular weight excluding hydrogens is 336 g/mol. The lowest BCUT2D eigenvalue weighted by Crippen LogP contribution is -2.28. The second-order valence-corrected chi connectivity index (χ2v) is 5.84. The Morgan fingerprint density at radius 1 is 1.19 bits per heavy atom. The molecule has 1 aromatic carbocycles. The van der Waals surface area contributed by atoms with Crippen LogP contribution in [0.2, 0.25) is 0 Å². The minimum absolute atomic E-state index is 0.0678. The maximum Gasteiger partial charge on any atom is 0.261 e. The van der Waals surface area contributed by atoms with Crippen molar-refractivity contribution in [1.29, 1.82) is 0 Å². The molecular formula is C19H20N2O5. The topological polar surface area (TPSA) is 88.8 Å². The summed E-state index contributed by atoms with van der Waals surface area (Å²) >= 11 is 0. The van der Waals surface area contributed by atoms with Crippen LogP contribution in [-0.4, -0.2) is 42.4 Å². The zero-order chi connectivity index (χ0) is 18.5. The zero-order valence-electron chi connectivity index (χ0n) is 14.5. The first kappa shape index (κ1) is 17.9. The van der Waals surface area contributed by atoms with E-state index in [1.807, 2.05) is 6.92 Å². The van der Waals surface area contributed by atoms with Crippen LogP contribution in [0.1, 0.15) is 50.2 Å². The van der Waals surface area contributed by atoms with E-state index in [-0.39, 0.29) is 23.9 Å². The van der Waals surface area contributed by atoms with Crippen LogP contribution in [0.25, 0.3) is 0 Å². The number of benzene rings is 1. The number of carbonyl (C=O) groups is 3. The van der Waals surface area contributed by atoms with Crippen molar-refractivity contribution in [3.05, 3.63) is 59.0 Å². The number of carbonyl (C=O) groups excluding carboxylic acids is 3. The zero-order valence-corrected chi connectivity index (χ0v) is 14.5. The Morgan fingerprint density at radius 2 is 2.00 bits per heavy atom. The first-order valence-corrected chi connectivity index (χ1v) is 8.50. The number of furan rings is 1. The van der Waals surface area contributed by atoms with Crippen LogP contribution in [-0.2, 0) is 11.3 Å². The van der Waals surface area contributed by atoms with E-state index in [1.165, 1.54) is 18.4 Å². The lowest BCUT2D eigenvalue weighted by Gasteiger charge is -2.11. The molecule has 7 nitrogen and oxygen atoms in total. The smallest absolute Gasteiger partial charge is 0.261 e. The van der Waals surface area contributed by atoms with Crippen LogP contribution in [0.4, 0.5) is 0 Å². The van der Waals surface area contributed by atoms with E-state index < -0.39 is 5.91 Å². The molecule has 0 atom stereocenters. The van der Waals surface area contributed by atoms with Crippen LogP contribution in [0.15, 0.2) is 41.0 Å². The quantitative estimate of drug-likeness (QED) is 0.579. The van der Waals surface area contributed by atoms with Gasteiger partial charge in [0.1, 0.15) is 5.76 Å². The summed E-state index contributed by atoms with van der Waals surface area (Å²) in [6.45, 7) is 3.68. The summed E-state index contributed by atoms with van der Waals surface area (Å²) in [7, 11) is 0. The highest BCUT2D eigenvalue weighted by atomic mass is 16.5. The number of nitrogens with one attached hydrogen (secondary N) is 1. The molecule has 0 saturated heterocycles. The molecule has 0 aliphatic carbocycles. The van der Waals surface area contributed by atoms with Gasteiger partial charge in [0.05, 0.1) is 23.9 Å². The number of ether oxygens (including phenoxy) is 1. The van der Waals surface area contributed by atoms with E-state index in [1.54, 1.807) is 18.2 Å². The van der Waals surface area contributed by atoms with Crippen molar-refractivity contribution in [2.75, 3.05) is 19.8 Å². The molecule has 1 N–H and O–H groups in total. The Bertz CT molecular complexity index is 813. The number of imide groups is 1. The summed E-state index contributed by atoms with van der Waals surface area (Å²) < 4.78 is 10.4. The molecule has 1 aromatic heterocycles. The minimum atomic E-state index is -0.424. The third-order valence-electron chi connectivity index (χ3n) is 4.08. The molecule has 1 aliphatic heterocycles. The molecule has 2 heterocycles. The van der Waals surface area contributed by atoms with Crippen molar-refractivity contribution in [3.8, 4) is 0 Å². The van der Waals surface area contributed by atoms with Gasteiger partial charge in [-0.05, 0) is 43.7 Å². The van der Waals surface area contributed by atoms with Gasteiger partial charge < -0.3 is 14.5 Å². The third kappa shape index (κ3) is 3.67. The van der Waals surface area contributed by atoms with Gasteiger partial charge in [0.15, 0.2) is 0 Å². The van der Waals surface area contributed by atoms with Gasteiger partial charge in [0.25, 0.3) is 17.7 Å². The molecule has 0 saturated carbocycles. The summed E-state index contributed by atoms with van der Waals surface area (Å²) in [5.74, 6) is -0.571. The lowest BCUT2D eigenvalue weighted by molar-refractivity contribution is 0.0631. The van der Waals surface area contributed by atoms with Crippen molar-refractivity contribution in [1.82, 2.24) is 10.2 Å². The first-order valence-electron chi connectivity index (χ1n) is 8.50. The van der Waals surface area contributed by atoms with Crippen LogP contribution in [0, 0.1) is 0 Å². The number of amides is 3. The van der Waals surface area contributed by atoms with Crippen molar-refractivity contribution >= 4 is 17.7 Å². The molecule has 0 radical (unpaired) electrons. The standard InChI is InChI=1S/C19H20N2O5/c1-2-25-9-4-8-20-17(22)13-6-7-15-16(11-13)19(24)21(18(15)23)12-14-5-3-10-26-14/h3,5-7,10-11H,2,4,8-9,12H2,1H3,(H,20,22). The van der Waals surface area contributed by atoms with E-state index in [4.69, 9.17) is 9.15 Å². The van der Waals surface area contributed by atoms with Crippen molar-refractivity contribution in [3.63, 3.8) is 0 Å². The average molecular weight is 356 g/mol. The second kappa shape index (κ2) is 7.97. The molecule has 26 heavy (non-hydrogen) atoms. The monoisotopic (exact) mass is 356 g/mol. The van der Waals surface area contributed by atoms with Gasteiger partial charge in [-0.15, -0.1) is 0 Å². The second-order valence-electron chi connectivity index (χ2n) is 5.84. The molecule has 7 heteroatoms. The summed E-state index contributed by atoms with van der Waals surface area (Å²) in [6.07, 6.45) is 2.19. The summed E-state index contributed by atoms with van der Waals surface area (Å²) in [5.41, 5.74) is 0.888. The van der Waals surface area contributed by atoms with Crippen molar-refractivity contribution in [2.45, 2.75) is 19.9 Å². The van der Waals surface area contributed by atoms with Gasteiger partial charge in [0, 0.05) is 25.3 Å². The van der Waals surface area contributed by atoms with E-state index in [9.17, 15) is 14.4 Å². The fourth-order valence-electron chi connectivity index (χ4n) is 2.76. The Hall–Kier alpha value is -2.93. The predicted octanol–water partition coefficient (Wildman–Crippen LogP) is 2.23. The highest BCUT2D eigenvalue weighted by Gasteiger charge is 2.36. The van der Waals surface area contributed by atoms with Gasteiger partial charge in [-0.1, -0.05) is 0 Å². The molecule has 3 amide bonds. The van der Waals surface area contributed by atoms with Gasteiger partial charge in [-0.2, -0.15) is 0 Å². The fourth-order valence-corrected chi connectivity index (χ4v) is 2.76. The molecule has 2 aromatic rings. The Balaban J connectivity index is 1.68. The number of hydrogen-bond donors (Lipinski definition) is 1. The van der Waals surface area contributed by atoms with Gasteiger partial charge in [-0.25, -0.2) is 0 Å². The van der Waals surface area contributed by atoms with E-state index >= 15 is 0 Å². The Morgan fingerprint density at radius 3 is 2.73 bits per heavy atom. The van der Waals surface area contributed by atoms with Crippen LogP contribution >= 0.6 is 0 Å². The van der Waals surface area contributed by atoms with Crippen LogP contribution in [0.3, 0.4) is 0 Å². The molecule has 136 valence electrons. The lowest BCUT2D eigenvalue weighted by atomic mass is 10.1. The van der Waals surface area contributed by atoms with E-state index in [0.29, 0.717) is 43.1 Å². The maximum atomic E-state index is 12.6. The van der Waals surface area contributed by atoms with Crippen LogP contribution < -0.4 is 5.32 Å². The summed E-state index contributed by atoms with van der Waals surface area (Å²) in [4.78, 5) is 38.3. The first-order chi connectivity index (χ1) is 12.6. The van der Waals surface area contributed by atoms with Crippen LogP contribution in [0.5, 0.6) is 0 Å². The van der Waals surface area contributed by atoms with Gasteiger partial charge in [0.2, 0.25) is 0 Å². The Kier molecular flexibility index (Phi) is 5.48. The number of nitrogens with zero attached hydrogens (tertiary/aromatic N) is 1. The Labute approximate surface area is 150 Å². The normalized spacial score (nSPS) is 13.2. The highest BCUT2D eigenvalue weighted by Crippen LogP contribution is 2.25. The molecule has 3 rings (SSSR count). The molecule has 0 unspecified atom stereocenters. The predicted molar refractivity (Wildman–Crippen MR) is 92.8 cm³/mol. The number of fused-ring (bicyclic) bond motifs is 1. The number of rotatable bonds is 8. The van der Waals surface area contributed by atoms with Gasteiger partial charge >= 0.3 is 0 Å². The minimum Gasteiger partial charge on any atom is -0.467 e. The third-order valence-corrected chi connectivity index (χ3v) is 4.08. The van der Waals surface area contributed by atoms with E-state index in [0.717, 1.165) is 4.90 Å². The van der Waals surface area contributed by atoms with Crippen molar-refractivity contribution < 1.29 is 23.5 Å².